The molecule has 0 unspecified atom stereocenters. The molecule has 1 nitrogen and oxygen atoms in total. The molecule has 0 saturated heterocycles. The van der Waals surface area contributed by atoms with E-state index < -0.39 is 7.26 Å². The van der Waals surface area contributed by atoms with E-state index in [1.807, 2.05) is 0 Å². The van der Waals surface area contributed by atoms with Crippen LogP contribution in [-0.4, -0.2) is 54.1 Å². The Morgan fingerprint density at radius 1 is 0.824 bits per heavy atom. The van der Waals surface area contributed by atoms with E-state index >= 15 is 0 Å². The average molecular weight is 315 g/mol. The van der Waals surface area contributed by atoms with Crippen LogP contribution in [0.2, 0.25) is 0 Å². The molecule has 0 fully saturated rings. The summed E-state index contributed by atoms with van der Waals surface area (Å²) in [6.45, 7) is 6.68. The third-order valence-corrected chi connectivity index (χ3v) is 7.88. The SMILES string of the molecule is CCCC[PH](C=O)(CCCC)CCCC.[Co].[NaH]. The predicted molar refractivity (Wildman–Crippen MR) is 81.5 cm³/mol. The van der Waals surface area contributed by atoms with Crippen molar-refractivity contribution in [2.45, 2.75) is 59.3 Å². The van der Waals surface area contributed by atoms with E-state index in [-0.39, 0.29) is 46.3 Å². The molecule has 0 saturated carbocycles. The van der Waals surface area contributed by atoms with Gasteiger partial charge in [-0.1, -0.05) is 0 Å². The maximum absolute atomic E-state index is 11.4. The zero-order valence-corrected chi connectivity index (χ0v) is 13.2. The summed E-state index contributed by atoms with van der Waals surface area (Å²) in [4.78, 5) is 11.4. The Bertz CT molecular complexity index is 146. The van der Waals surface area contributed by atoms with Crippen LogP contribution in [0.5, 0.6) is 0 Å². The fraction of sp³-hybridized carbons (Fsp3) is 0.923. The molecule has 0 heterocycles. The minimum atomic E-state index is -1.51. The Labute approximate surface area is 141 Å². The molecule has 0 N–H and O–H groups in total. The molecule has 0 bridgehead atoms. The van der Waals surface area contributed by atoms with Gasteiger partial charge < -0.3 is 0 Å². The molecule has 0 amide bonds. The summed E-state index contributed by atoms with van der Waals surface area (Å²) in [5, 5.41) is 0. The molecule has 0 aliphatic rings. The van der Waals surface area contributed by atoms with Gasteiger partial charge >= 0.3 is 125 Å². The molecular formula is C13H30CoNaOP. The van der Waals surface area contributed by atoms with Gasteiger partial charge in [0.25, 0.3) is 0 Å². The van der Waals surface area contributed by atoms with E-state index in [4.69, 9.17) is 0 Å². The van der Waals surface area contributed by atoms with Crippen LogP contribution in [0, 0.1) is 0 Å². The zero-order chi connectivity index (χ0) is 11.6. The molecule has 0 aromatic rings. The van der Waals surface area contributed by atoms with E-state index in [1.54, 1.807) is 0 Å². The van der Waals surface area contributed by atoms with Crippen LogP contribution in [0.25, 0.3) is 0 Å². The molecule has 103 valence electrons. The van der Waals surface area contributed by atoms with E-state index in [1.165, 1.54) is 63.0 Å². The van der Waals surface area contributed by atoms with Gasteiger partial charge in [0, 0.05) is 16.8 Å². The number of hydrogen-bond donors (Lipinski definition) is 0. The molecular weight excluding hydrogens is 285 g/mol. The van der Waals surface area contributed by atoms with Crippen LogP contribution in [-0.2, 0) is 21.6 Å². The summed E-state index contributed by atoms with van der Waals surface area (Å²) in [6.07, 6.45) is 11.2. The van der Waals surface area contributed by atoms with Crippen molar-refractivity contribution in [3.05, 3.63) is 0 Å². The van der Waals surface area contributed by atoms with Gasteiger partial charge in [-0.2, -0.15) is 0 Å². The van der Waals surface area contributed by atoms with E-state index in [2.05, 4.69) is 20.8 Å². The fourth-order valence-electron chi connectivity index (χ4n) is 2.14. The third kappa shape index (κ3) is 11.2. The fourth-order valence-corrected chi connectivity index (χ4v) is 6.41. The van der Waals surface area contributed by atoms with Crippen molar-refractivity contribution in [1.29, 1.82) is 0 Å². The molecule has 0 aromatic heterocycles. The Hall–Kier alpha value is 1.61. The monoisotopic (exact) mass is 315 g/mol. The van der Waals surface area contributed by atoms with Crippen LogP contribution < -0.4 is 0 Å². The Morgan fingerprint density at radius 3 is 1.29 bits per heavy atom. The van der Waals surface area contributed by atoms with Crippen LogP contribution in [0.1, 0.15) is 59.3 Å². The first-order valence-electron chi connectivity index (χ1n) is 6.71. The van der Waals surface area contributed by atoms with Crippen LogP contribution in [0.15, 0.2) is 0 Å². The van der Waals surface area contributed by atoms with Crippen molar-refractivity contribution in [3.63, 3.8) is 0 Å². The Kier molecular flexibility index (Phi) is 21.8. The summed E-state index contributed by atoms with van der Waals surface area (Å²) in [6, 6.07) is 1.40. The first-order chi connectivity index (χ1) is 7.24. The van der Waals surface area contributed by atoms with Gasteiger partial charge in [-0.25, -0.2) is 0 Å². The second kappa shape index (κ2) is 15.7. The predicted octanol–water partition coefficient (Wildman–Crippen LogP) is 3.68. The molecule has 0 aliphatic heterocycles. The second-order valence-corrected chi connectivity index (χ2v) is 9.25. The number of carbonyl (C=O) groups is 1. The van der Waals surface area contributed by atoms with Gasteiger partial charge in [-0.15, -0.1) is 0 Å². The standard InChI is InChI=1S/C13H29OP.Co.Na.H/c1-4-7-10-15(13-14,11-8-5-2)12-9-6-3;;;/h13,15H,4-12H2,1-3H3;;;. The average Bonchev–Trinajstić information content (AvgIpc) is 2.29. The van der Waals surface area contributed by atoms with Gasteiger partial charge in [0.2, 0.25) is 0 Å². The van der Waals surface area contributed by atoms with Crippen molar-refractivity contribution in [2.75, 3.05) is 18.5 Å². The zero-order valence-electron chi connectivity index (χ0n) is 11.2. The van der Waals surface area contributed by atoms with E-state index in [0.717, 1.165) is 0 Å². The second-order valence-electron chi connectivity index (χ2n) is 4.79. The van der Waals surface area contributed by atoms with Gasteiger partial charge in [0.05, 0.1) is 0 Å². The number of carbonyl (C=O) groups excluding carboxylic acids is 1. The van der Waals surface area contributed by atoms with Gasteiger partial charge in [0.15, 0.2) is 0 Å². The summed E-state index contributed by atoms with van der Waals surface area (Å²) < 4.78 is 0. The molecule has 0 aliphatic carbocycles. The molecule has 17 heavy (non-hydrogen) atoms. The van der Waals surface area contributed by atoms with Gasteiger partial charge in [-0.05, 0) is 0 Å². The summed E-state index contributed by atoms with van der Waals surface area (Å²) >= 11 is 0. The van der Waals surface area contributed by atoms with Gasteiger partial charge in [-0.3, -0.25) is 0 Å². The summed E-state index contributed by atoms with van der Waals surface area (Å²) in [7, 11) is -1.51. The molecule has 0 rings (SSSR count). The van der Waals surface area contributed by atoms with Crippen LogP contribution in [0.3, 0.4) is 0 Å². The van der Waals surface area contributed by atoms with Crippen molar-refractivity contribution < 1.29 is 21.6 Å². The van der Waals surface area contributed by atoms with Crippen molar-refractivity contribution in [3.8, 4) is 0 Å². The number of rotatable bonds is 10. The minimum absolute atomic E-state index is 0. The van der Waals surface area contributed by atoms with E-state index in [9.17, 15) is 4.79 Å². The number of unbranched alkanes of at least 4 members (excludes halogenated alkanes) is 3. The van der Waals surface area contributed by atoms with Crippen molar-refractivity contribution >= 4 is 42.8 Å². The summed E-state index contributed by atoms with van der Waals surface area (Å²) in [5.41, 5.74) is 0. The maximum atomic E-state index is 11.4. The van der Waals surface area contributed by atoms with Gasteiger partial charge in [0.1, 0.15) is 0 Å². The Morgan fingerprint density at radius 2 is 1.12 bits per heavy atom. The van der Waals surface area contributed by atoms with Crippen LogP contribution in [0.4, 0.5) is 0 Å². The van der Waals surface area contributed by atoms with E-state index in [0.29, 0.717) is 0 Å². The summed E-state index contributed by atoms with van der Waals surface area (Å²) in [5.74, 6) is 0. The molecule has 0 spiro atoms. The third-order valence-electron chi connectivity index (χ3n) is 3.33. The van der Waals surface area contributed by atoms with Crippen molar-refractivity contribution in [1.82, 2.24) is 0 Å². The quantitative estimate of drug-likeness (QED) is 0.341. The Balaban J connectivity index is -0.000000980. The number of hydrogen-bond acceptors (Lipinski definition) is 1. The first kappa shape index (κ1) is 23.7. The molecule has 1 radical (unpaired) electrons. The van der Waals surface area contributed by atoms with Crippen molar-refractivity contribution in [2.24, 2.45) is 0 Å². The normalized spacial score (nSPS) is 11.2. The topological polar surface area (TPSA) is 17.1 Å². The molecule has 4 heteroatoms. The first-order valence-corrected chi connectivity index (χ1v) is 9.41. The van der Waals surface area contributed by atoms with Crippen LogP contribution >= 0.6 is 7.26 Å². The molecule has 0 atom stereocenters. The molecule has 0 aromatic carbocycles.